The molecular formula is C17H15N3. The summed E-state index contributed by atoms with van der Waals surface area (Å²) in [4.78, 5) is 5.32. The third-order valence-electron chi connectivity index (χ3n) is 3.35. The molecule has 0 unspecified atom stereocenters. The fourth-order valence-electron chi connectivity index (χ4n) is 2.07. The maximum Gasteiger partial charge on any atom is 0.265 e. The second kappa shape index (κ2) is 5.47. The molecule has 0 saturated carbocycles. The molecule has 0 aromatic heterocycles. The number of allylic oxidation sites excluding steroid dienone is 2. The Morgan fingerprint density at radius 3 is 2.40 bits per heavy atom. The number of fused-ring (bicyclic) bond motifs is 1. The van der Waals surface area contributed by atoms with Crippen LogP contribution in [0.5, 0.6) is 0 Å². The predicted octanol–water partition coefficient (Wildman–Crippen LogP) is 4.08. The van der Waals surface area contributed by atoms with Gasteiger partial charge in [-0.05, 0) is 47.0 Å². The lowest BCUT2D eigenvalue weighted by Crippen LogP contribution is -2.07. The fraction of sp³-hybridized carbons (Fsp3) is 0.176. The van der Waals surface area contributed by atoms with Gasteiger partial charge in [-0.25, -0.2) is 10.1 Å². The summed E-state index contributed by atoms with van der Waals surface area (Å²) >= 11 is 0. The summed E-state index contributed by atoms with van der Waals surface area (Å²) < 4.78 is 0. The summed E-state index contributed by atoms with van der Waals surface area (Å²) in [6, 6.07) is 14.2. The number of rotatable bonds is 2. The largest absolute Gasteiger partial charge is 0.378 e. The van der Waals surface area contributed by atoms with E-state index in [9.17, 15) is 0 Å². The lowest BCUT2D eigenvalue weighted by molar-refractivity contribution is 1.14. The number of hydrogen-bond acceptors (Lipinski definition) is 2. The highest BCUT2D eigenvalue weighted by atomic mass is 15.1. The van der Waals surface area contributed by atoms with Crippen LogP contribution in [0.2, 0.25) is 0 Å². The topological polar surface area (TPSA) is 31.4 Å². The molecule has 0 amide bonds. The molecule has 3 nitrogen and oxygen atoms in total. The van der Waals surface area contributed by atoms with Gasteiger partial charge in [-0.15, -0.1) is 0 Å². The van der Waals surface area contributed by atoms with E-state index in [2.05, 4.69) is 27.9 Å². The van der Waals surface area contributed by atoms with Gasteiger partial charge < -0.3 is 4.90 Å². The van der Waals surface area contributed by atoms with Crippen LogP contribution >= 0.6 is 0 Å². The minimum absolute atomic E-state index is 0.147. The molecule has 0 aliphatic rings. The van der Waals surface area contributed by atoms with Gasteiger partial charge in [0.05, 0.1) is 12.6 Å². The molecule has 20 heavy (non-hydrogen) atoms. The average molecular weight is 261 g/mol. The van der Waals surface area contributed by atoms with E-state index < -0.39 is 0 Å². The van der Waals surface area contributed by atoms with E-state index in [0.29, 0.717) is 0 Å². The van der Waals surface area contributed by atoms with Crippen LogP contribution in [0, 0.1) is 17.9 Å². The highest BCUT2D eigenvalue weighted by molar-refractivity contribution is 5.89. The number of nitrogens with zero attached hydrogens (tertiary/aromatic N) is 3. The molecule has 98 valence electrons. The van der Waals surface area contributed by atoms with Crippen molar-refractivity contribution in [2.75, 3.05) is 19.0 Å². The van der Waals surface area contributed by atoms with Crippen molar-refractivity contribution in [2.45, 2.75) is 6.92 Å². The van der Waals surface area contributed by atoms with E-state index in [1.165, 1.54) is 0 Å². The summed E-state index contributed by atoms with van der Waals surface area (Å²) in [5, 5.41) is 11.2. The Morgan fingerprint density at radius 2 is 1.80 bits per heavy atom. The Hall–Kier alpha value is -2.78. The zero-order valence-electron chi connectivity index (χ0n) is 11.8. The lowest BCUT2D eigenvalue weighted by Gasteiger charge is -2.13. The quantitative estimate of drug-likeness (QED) is 0.602. The van der Waals surface area contributed by atoms with Crippen molar-refractivity contribution in [3.05, 3.63) is 59.1 Å². The predicted molar refractivity (Wildman–Crippen MR) is 83.1 cm³/mol. The Labute approximate surface area is 119 Å². The Morgan fingerprint density at radius 1 is 1.15 bits per heavy atom. The average Bonchev–Trinajstić information content (AvgIpc) is 2.47. The molecule has 0 fully saturated rings. The first-order valence-electron chi connectivity index (χ1n) is 6.26. The molecule has 2 rings (SSSR count). The minimum Gasteiger partial charge on any atom is -0.378 e. The monoisotopic (exact) mass is 261 g/mol. The highest BCUT2D eigenvalue weighted by Crippen LogP contribution is 2.26. The molecule has 3 heteroatoms. The zero-order valence-corrected chi connectivity index (χ0v) is 11.8. The van der Waals surface area contributed by atoms with Gasteiger partial charge in [0, 0.05) is 19.8 Å². The van der Waals surface area contributed by atoms with E-state index in [1.807, 2.05) is 45.3 Å². The molecule has 0 N–H and O–H groups in total. The van der Waals surface area contributed by atoms with Gasteiger partial charge in [0.2, 0.25) is 0 Å². The number of nitriles is 1. The van der Waals surface area contributed by atoms with Crippen molar-refractivity contribution in [3.63, 3.8) is 0 Å². The molecule has 0 radical (unpaired) electrons. The smallest absolute Gasteiger partial charge is 0.265 e. The molecule has 0 aliphatic heterocycles. The molecule has 0 aliphatic carbocycles. The lowest BCUT2D eigenvalue weighted by atomic mass is 10.0. The maximum absolute atomic E-state index is 8.94. The van der Waals surface area contributed by atoms with Gasteiger partial charge in [-0.1, -0.05) is 18.2 Å². The normalized spacial score (nSPS) is 11.4. The van der Waals surface area contributed by atoms with Gasteiger partial charge in [0.1, 0.15) is 0 Å². The van der Waals surface area contributed by atoms with Crippen LogP contribution in [0.3, 0.4) is 0 Å². The van der Waals surface area contributed by atoms with E-state index in [-0.39, 0.29) is 5.70 Å². The molecule has 2 aromatic rings. The summed E-state index contributed by atoms with van der Waals surface area (Å²) in [5.41, 5.74) is 2.94. The maximum atomic E-state index is 8.94. The van der Waals surface area contributed by atoms with Crippen LogP contribution in [0.1, 0.15) is 12.5 Å². The molecule has 2 aromatic carbocycles. The minimum atomic E-state index is 0.147. The van der Waals surface area contributed by atoms with Crippen LogP contribution < -0.4 is 4.90 Å². The Bertz CT molecular complexity index is 755. The van der Waals surface area contributed by atoms with Gasteiger partial charge in [0.25, 0.3) is 5.70 Å². The third kappa shape index (κ3) is 2.48. The highest BCUT2D eigenvalue weighted by Gasteiger charge is 2.05. The molecule has 0 bridgehead atoms. The Kier molecular flexibility index (Phi) is 3.73. The first kappa shape index (κ1) is 13.6. The molecule has 0 atom stereocenters. The Balaban J connectivity index is 2.57. The number of benzene rings is 2. The summed E-state index contributed by atoms with van der Waals surface area (Å²) in [6.45, 7) is 8.83. The van der Waals surface area contributed by atoms with Crippen LogP contribution in [0.25, 0.3) is 21.2 Å². The van der Waals surface area contributed by atoms with Crippen LogP contribution in [-0.2, 0) is 0 Å². The van der Waals surface area contributed by atoms with E-state index in [4.69, 9.17) is 11.8 Å². The van der Waals surface area contributed by atoms with Gasteiger partial charge in [0.15, 0.2) is 0 Å². The van der Waals surface area contributed by atoms with Crippen molar-refractivity contribution in [2.24, 2.45) is 0 Å². The van der Waals surface area contributed by atoms with Crippen molar-refractivity contribution >= 4 is 22.0 Å². The van der Waals surface area contributed by atoms with Crippen LogP contribution in [-0.4, -0.2) is 14.1 Å². The molecule has 0 saturated heterocycles. The zero-order chi connectivity index (χ0) is 14.7. The SMILES string of the molecule is [C-]#[N+]/C(C#N)=C(/C)c1ccc2cc(N(C)C)ccc2c1. The van der Waals surface area contributed by atoms with Crippen LogP contribution in [0.4, 0.5) is 5.69 Å². The van der Waals surface area contributed by atoms with E-state index in [1.54, 1.807) is 0 Å². The summed E-state index contributed by atoms with van der Waals surface area (Å²) in [7, 11) is 4.02. The fourth-order valence-corrected chi connectivity index (χ4v) is 2.07. The van der Waals surface area contributed by atoms with Crippen molar-refractivity contribution in [1.82, 2.24) is 0 Å². The number of hydrogen-bond donors (Lipinski definition) is 0. The van der Waals surface area contributed by atoms with Gasteiger partial charge >= 0.3 is 0 Å². The standard InChI is InChI=1S/C17H15N3/c1-12(17(11-18)19-2)13-5-6-15-10-16(20(3)4)8-7-14(15)9-13/h5-10H,1,3-4H3/b17-12-. The molecular weight excluding hydrogens is 246 g/mol. The van der Waals surface area contributed by atoms with Crippen molar-refractivity contribution in [1.29, 1.82) is 5.26 Å². The van der Waals surface area contributed by atoms with Gasteiger partial charge in [-0.2, -0.15) is 0 Å². The summed E-state index contributed by atoms with van der Waals surface area (Å²) in [5.74, 6) is 0. The number of anilines is 1. The van der Waals surface area contributed by atoms with E-state index >= 15 is 0 Å². The van der Waals surface area contributed by atoms with Crippen LogP contribution in [0.15, 0.2) is 42.1 Å². The molecule has 0 spiro atoms. The first-order valence-corrected chi connectivity index (χ1v) is 6.26. The van der Waals surface area contributed by atoms with Crippen molar-refractivity contribution < 1.29 is 0 Å². The van der Waals surface area contributed by atoms with Crippen molar-refractivity contribution in [3.8, 4) is 6.07 Å². The second-order valence-corrected chi connectivity index (χ2v) is 4.84. The van der Waals surface area contributed by atoms with Gasteiger partial charge in [-0.3, -0.25) is 0 Å². The second-order valence-electron chi connectivity index (χ2n) is 4.84. The van der Waals surface area contributed by atoms with E-state index in [0.717, 1.165) is 27.6 Å². The summed E-state index contributed by atoms with van der Waals surface area (Å²) in [6.07, 6.45) is 0. The first-order chi connectivity index (χ1) is 9.56. The molecule has 0 heterocycles. The third-order valence-corrected chi connectivity index (χ3v) is 3.35.